The van der Waals surface area contributed by atoms with Crippen LogP contribution in [0.3, 0.4) is 0 Å². The molecule has 2 rings (SSSR count). The number of halogens is 1. The zero-order valence-electron chi connectivity index (χ0n) is 11.3. The molecule has 4 heteroatoms. The van der Waals surface area contributed by atoms with Gasteiger partial charge in [-0.2, -0.15) is 0 Å². The van der Waals surface area contributed by atoms with Gasteiger partial charge in [-0.25, -0.2) is 0 Å². The molecule has 1 unspecified atom stereocenters. The van der Waals surface area contributed by atoms with E-state index in [1.807, 2.05) is 24.3 Å². The average Bonchev–Trinajstić information content (AvgIpc) is 2.39. The van der Waals surface area contributed by atoms with E-state index in [9.17, 15) is 0 Å². The largest absolute Gasteiger partial charge is 0.389 e. The summed E-state index contributed by atoms with van der Waals surface area (Å²) in [6.07, 6.45) is 0.949. The number of anilines is 1. The second-order valence-electron chi connectivity index (χ2n) is 4.76. The highest BCUT2D eigenvalue weighted by atomic mass is 79.9. The van der Waals surface area contributed by atoms with E-state index in [0.29, 0.717) is 11.0 Å². The molecule has 1 atom stereocenters. The van der Waals surface area contributed by atoms with Crippen LogP contribution in [0.15, 0.2) is 53.0 Å². The van der Waals surface area contributed by atoms with Crippen molar-refractivity contribution in [2.75, 3.05) is 5.32 Å². The van der Waals surface area contributed by atoms with Crippen molar-refractivity contribution in [1.29, 1.82) is 0 Å². The predicted molar refractivity (Wildman–Crippen MR) is 93.3 cm³/mol. The predicted octanol–water partition coefficient (Wildman–Crippen LogP) is 4.13. The fraction of sp³-hybridized carbons (Fsp3) is 0.188. The number of thiocarbonyl (C=S) groups is 1. The van der Waals surface area contributed by atoms with E-state index in [1.165, 1.54) is 5.56 Å². The van der Waals surface area contributed by atoms with Gasteiger partial charge in [0.05, 0.1) is 0 Å². The van der Waals surface area contributed by atoms with Crippen molar-refractivity contribution in [2.45, 2.75) is 19.4 Å². The van der Waals surface area contributed by atoms with Crippen LogP contribution >= 0.6 is 28.1 Å². The first-order chi connectivity index (χ1) is 9.58. The van der Waals surface area contributed by atoms with Crippen LogP contribution in [0.25, 0.3) is 0 Å². The van der Waals surface area contributed by atoms with Crippen LogP contribution < -0.4 is 11.1 Å². The van der Waals surface area contributed by atoms with Crippen molar-refractivity contribution in [2.24, 2.45) is 5.73 Å². The second-order valence-corrected chi connectivity index (χ2v) is 6.06. The third kappa shape index (κ3) is 3.81. The Labute approximate surface area is 133 Å². The number of nitrogens with one attached hydrogen (secondary N) is 1. The summed E-state index contributed by atoms with van der Waals surface area (Å²) < 4.78 is 0.918. The van der Waals surface area contributed by atoms with Gasteiger partial charge in [0.1, 0.15) is 4.99 Å². The van der Waals surface area contributed by atoms with Crippen molar-refractivity contribution >= 4 is 38.8 Å². The van der Waals surface area contributed by atoms with E-state index in [0.717, 1.165) is 22.1 Å². The molecule has 0 aromatic heterocycles. The SMILES string of the molecule is CC(Cc1ccccc1)Nc1cccc(Br)c1C(N)=S. The third-order valence-corrected chi connectivity index (χ3v) is 3.91. The Kier molecular flexibility index (Phi) is 5.15. The van der Waals surface area contributed by atoms with Gasteiger partial charge in [-0.05, 0) is 47.0 Å². The maximum Gasteiger partial charge on any atom is 0.107 e. The summed E-state index contributed by atoms with van der Waals surface area (Å²) >= 11 is 8.62. The normalized spacial score (nSPS) is 11.9. The molecule has 0 bridgehead atoms. The zero-order chi connectivity index (χ0) is 14.5. The van der Waals surface area contributed by atoms with Gasteiger partial charge in [0, 0.05) is 21.8 Å². The number of hydrogen-bond donors (Lipinski definition) is 2. The molecule has 2 nitrogen and oxygen atoms in total. The Morgan fingerprint density at radius 3 is 2.55 bits per heavy atom. The van der Waals surface area contributed by atoms with Crippen LogP contribution in [0.5, 0.6) is 0 Å². The summed E-state index contributed by atoms with van der Waals surface area (Å²) in [6, 6.07) is 16.6. The van der Waals surface area contributed by atoms with Crippen LogP contribution in [0.1, 0.15) is 18.1 Å². The van der Waals surface area contributed by atoms with E-state index in [-0.39, 0.29) is 0 Å². The Balaban J connectivity index is 2.14. The van der Waals surface area contributed by atoms with Gasteiger partial charge in [-0.3, -0.25) is 0 Å². The Bertz CT molecular complexity index is 599. The zero-order valence-corrected chi connectivity index (χ0v) is 13.7. The Hall–Kier alpha value is -1.39. The van der Waals surface area contributed by atoms with Crippen LogP contribution in [-0.4, -0.2) is 11.0 Å². The minimum Gasteiger partial charge on any atom is -0.389 e. The highest BCUT2D eigenvalue weighted by Gasteiger charge is 2.11. The molecule has 0 saturated carbocycles. The molecule has 0 saturated heterocycles. The molecule has 0 fully saturated rings. The van der Waals surface area contributed by atoms with Crippen molar-refractivity contribution in [3.8, 4) is 0 Å². The highest BCUT2D eigenvalue weighted by Crippen LogP contribution is 2.25. The van der Waals surface area contributed by atoms with E-state index in [4.69, 9.17) is 18.0 Å². The molecular formula is C16H17BrN2S. The summed E-state index contributed by atoms with van der Waals surface area (Å²) in [6.45, 7) is 2.15. The van der Waals surface area contributed by atoms with Gasteiger partial charge in [0.25, 0.3) is 0 Å². The summed E-state index contributed by atoms with van der Waals surface area (Å²) in [5.74, 6) is 0. The maximum absolute atomic E-state index is 5.81. The summed E-state index contributed by atoms with van der Waals surface area (Å²) in [5, 5.41) is 3.48. The molecule has 2 aromatic carbocycles. The quantitative estimate of drug-likeness (QED) is 0.798. The lowest BCUT2D eigenvalue weighted by Crippen LogP contribution is -2.21. The lowest BCUT2D eigenvalue weighted by molar-refractivity contribution is 0.790. The number of hydrogen-bond acceptors (Lipinski definition) is 2. The molecule has 20 heavy (non-hydrogen) atoms. The van der Waals surface area contributed by atoms with Gasteiger partial charge in [0.15, 0.2) is 0 Å². The second kappa shape index (κ2) is 6.86. The van der Waals surface area contributed by atoms with Crippen LogP contribution in [0, 0.1) is 0 Å². The number of benzene rings is 2. The van der Waals surface area contributed by atoms with E-state index < -0.39 is 0 Å². The third-order valence-electron chi connectivity index (χ3n) is 3.05. The molecule has 0 heterocycles. The van der Waals surface area contributed by atoms with Crippen LogP contribution in [0.4, 0.5) is 5.69 Å². The molecule has 3 N–H and O–H groups in total. The molecule has 2 aromatic rings. The first-order valence-corrected chi connectivity index (χ1v) is 7.67. The maximum atomic E-state index is 5.81. The molecule has 0 spiro atoms. The lowest BCUT2D eigenvalue weighted by atomic mass is 10.1. The van der Waals surface area contributed by atoms with Gasteiger partial charge in [0.2, 0.25) is 0 Å². The fourth-order valence-corrected chi connectivity index (χ4v) is 3.11. The standard InChI is InChI=1S/C16H17BrN2S/c1-11(10-12-6-3-2-4-7-12)19-14-9-5-8-13(17)15(14)16(18)20/h2-9,11,19H,10H2,1H3,(H2,18,20). The van der Waals surface area contributed by atoms with Crippen LogP contribution in [0.2, 0.25) is 0 Å². The Morgan fingerprint density at radius 2 is 1.90 bits per heavy atom. The lowest BCUT2D eigenvalue weighted by Gasteiger charge is -2.18. The molecular weight excluding hydrogens is 332 g/mol. The van der Waals surface area contributed by atoms with Gasteiger partial charge < -0.3 is 11.1 Å². The minimum absolute atomic E-state index is 0.291. The number of rotatable bonds is 5. The average molecular weight is 349 g/mol. The summed E-state index contributed by atoms with van der Waals surface area (Å²) in [7, 11) is 0. The first-order valence-electron chi connectivity index (χ1n) is 6.46. The topological polar surface area (TPSA) is 38.0 Å². The molecule has 0 aliphatic carbocycles. The first kappa shape index (κ1) is 15.0. The molecule has 0 amide bonds. The monoisotopic (exact) mass is 348 g/mol. The Morgan fingerprint density at radius 1 is 1.20 bits per heavy atom. The summed E-state index contributed by atoms with van der Waals surface area (Å²) in [5.41, 5.74) is 8.94. The highest BCUT2D eigenvalue weighted by molar-refractivity contribution is 9.10. The van der Waals surface area contributed by atoms with Crippen molar-refractivity contribution in [1.82, 2.24) is 0 Å². The van der Waals surface area contributed by atoms with E-state index in [2.05, 4.69) is 52.4 Å². The van der Waals surface area contributed by atoms with E-state index in [1.54, 1.807) is 0 Å². The molecule has 0 aliphatic rings. The smallest absolute Gasteiger partial charge is 0.107 e. The van der Waals surface area contributed by atoms with Gasteiger partial charge >= 0.3 is 0 Å². The fourth-order valence-electron chi connectivity index (χ4n) is 2.18. The number of nitrogens with two attached hydrogens (primary N) is 1. The van der Waals surface area contributed by atoms with Crippen molar-refractivity contribution < 1.29 is 0 Å². The molecule has 0 aliphatic heterocycles. The van der Waals surface area contributed by atoms with Crippen molar-refractivity contribution in [3.05, 3.63) is 64.1 Å². The summed E-state index contributed by atoms with van der Waals surface area (Å²) in [4.78, 5) is 0.395. The van der Waals surface area contributed by atoms with Crippen molar-refractivity contribution in [3.63, 3.8) is 0 Å². The van der Waals surface area contributed by atoms with Gasteiger partial charge in [-0.1, -0.05) is 48.6 Å². The van der Waals surface area contributed by atoms with Gasteiger partial charge in [-0.15, -0.1) is 0 Å². The van der Waals surface area contributed by atoms with Crippen LogP contribution in [-0.2, 0) is 6.42 Å². The minimum atomic E-state index is 0.291. The molecule has 104 valence electrons. The molecule has 0 radical (unpaired) electrons. The van der Waals surface area contributed by atoms with E-state index >= 15 is 0 Å².